The number of carboxylic acid groups (broad SMARTS) is 1. The molecule has 0 saturated carbocycles. The Morgan fingerprint density at radius 1 is 1.50 bits per heavy atom. The maximum atomic E-state index is 10.5. The third-order valence-corrected chi connectivity index (χ3v) is 2.49. The van der Waals surface area contributed by atoms with Crippen LogP contribution in [0.3, 0.4) is 0 Å². The van der Waals surface area contributed by atoms with E-state index in [0.29, 0.717) is 29.5 Å². The van der Waals surface area contributed by atoms with Crippen LogP contribution in [0.1, 0.15) is 25.0 Å². The fraction of sp³-hybridized carbons (Fsp3) is 0.455. The van der Waals surface area contributed by atoms with E-state index in [1.807, 2.05) is 6.92 Å². The minimum atomic E-state index is -0.836. The summed E-state index contributed by atoms with van der Waals surface area (Å²) in [5.74, 6) is 0.464. The number of hydrogen-bond acceptors (Lipinski definition) is 6. The topological polar surface area (TPSA) is 102 Å². The Morgan fingerprint density at radius 2 is 2.28 bits per heavy atom. The molecule has 2 heterocycles. The Balaban J connectivity index is 2.07. The lowest BCUT2D eigenvalue weighted by Gasteiger charge is -2.03. The smallest absolute Gasteiger partial charge is 0.303 e. The summed E-state index contributed by atoms with van der Waals surface area (Å²) in [5, 5.41) is 20.1. The molecule has 0 saturated heterocycles. The molecule has 18 heavy (non-hydrogen) atoms. The molecule has 0 amide bonds. The van der Waals surface area contributed by atoms with Gasteiger partial charge in [0.15, 0.2) is 0 Å². The predicted molar refractivity (Wildman–Crippen MR) is 59.7 cm³/mol. The molecule has 0 radical (unpaired) electrons. The van der Waals surface area contributed by atoms with Crippen molar-refractivity contribution in [2.24, 2.45) is 5.92 Å². The van der Waals surface area contributed by atoms with E-state index in [1.165, 1.54) is 6.20 Å². The zero-order chi connectivity index (χ0) is 13.1. The first-order valence-corrected chi connectivity index (χ1v) is 5.52. The van der Waals surface area contributed by atoms with Crippen LogP contribution in [0.4, 0.5) is 0 Å². The molecular formula is C11H13N3O4. The van der Waals surface area contributed by atoms with Gasteiger partial charge in [0.2, 0.25) is 5.89 Å². The third kappa shape index (κ3) is 2.73. The summed E-state index contributed by atoms with van der Waals surface area (Å²) in [6.07, 6.45) is 2.01. The number of rotatable bonds is 5. The van der Waals surface area contributed by atoms with E-state index in [2.05, 4.69) is 15.4 Å². The highest BCUT2D eigenvalue weighted by Gasteiger charge is 2.16. The third-order valence-electron chi connectivity index (χ3n) is 2.49. The van der Waals surface area contributed by atoms with Gasteiger partial charge in [0.1, 0.15) is 11.3 Å². The molecule has 1 N–H and O–H groups in total. The number of carboxylic acids is 1. The van der Waals surface area contributed by atoms with Gasteiger partial charge in [-0.1, -0.05) is 12.1 Å². The second-order valence-electron chi connectivity index (χ2n) is 4.20. The van der Waals surface area contributed by atoms with Gasteiger partial charge in [-0.3, -0.25) is 4.79 Å². The minimum Gasteiger partial charge on any atom is -0.481 e. The summed E-state index contributed by atoms with van der Waals surface area (Å²) in [7, 11) is 0. The number of hydrogen-bond donors (Lipinski definition) is 1. The van der Waals surface area contributed by atoms with Crippen molar-refractivity contribution >= 4 is 5.97 Å². The van der Waals surface area contributed by atoms with Gasteiger partial charge >= 0.3 is 5.97 Å². The average molecular weight is 251 g/mol. The van der Waals surface area contributed by atoms with Gasteiger partial charge in [-0.05, 0) is 12.8 Å². The van der Waals surface area contributed by atoms with Crippen molar-refractivity contribution < 1.29 is 18.8 Å². The maximum Gasteiger partial charge on any atom is 0.303 e. The highest BCUT2D eigenvalue weighted by atomic mass is 16.5. The molecule has 0 aliphatic carbocycles. The standard InChI is InChI=1S/C11H13N3O4/c1-6(4-10(15)16)3-9-13-14-11(17-9)8-5-12-18-7(8)2/h5-6H,3-4H2,1-2H3,(H,15,16). The van der Waals surface area contributed by atoms with Crippen molar-refractivity contribution in [3.05, 3.63) is 17.8 Å². The Labute approximate surface area is 103 Å². The molecule has 0 bridgehead atoms. The lowest BCUT2D eigenvalue weighted by molar-refractivity contribution is -0.137. The molecule has 7 nitrogen and oxygen atoms in total. The van der Waals surface area contributed by atoms with Gasteiger partial charge in [-0.2, -0.15) is 0 Å². The van der Waals surface area contributed by atoms with Crippen LogP contribution in [-0.2, 0) is 11.2 Å². The van der Waals surface area contributed by atoms with E-state index >= 15 is 0 Å². The van der Waals surface area contributed by atoms with Crippen LogP contribution in [0.25, 0.3) is 11.5 Å². The van der Waals surface area contributed by atoms with Crippen molar-refractivity contribution in [2.45, 2.75) is 26.7 Å². The van der Waals surface area contributed by atoms with Crippen molar-refractivity contribution in [2.75, 3.05) is 0 Å². The quantitative estimate of drug-likeness (QED) is 0.862. The molecule has 1 unspecified atom stereocenters. The molecule has 2 rings (SSSR count). The number of nitrogens with zero attached hydrogens (tertiary/aromatic N) is 3. The molecule has 96 valence electrons. The zero-order valence-electron chi connectivity index (χ0n) is 10.1. The molecule has 0 fully saturated rings. The summed E-state index contributed by atoms with van der Waals surface area (Å²) >= 11 is 0. The van der Waals surface area contributed by atoms with E-state index < -0.39 is 5.97 Å². The van der Waals surface area contributed by atoms with Crippen LogP contribution in [-0.4, -0.2) is 26.4 Å². The molecular weight excluding hydrogens is 238 g/mol. The van der Waals surface area contributed by atoms with E-state index in [9.17, 15) is 4.79 Å². The number of aromatic nitrogens is 3. The largest absolute Gasteiger partial charge is 0.481 e. The second-order valence-corrected chi connectivity index (χ2v) is 4.20. The summed E-state index contributed by atoms with van der Waals surface area (Å²) in [5.41, 5.74) is 0.652. The Morgan fingerprint density at radius 3 is 2.89 bits per heavy atom. The molecule has 0 aromatic carbocycles. The van der Waals surface area contributed by atoms with Crippen LogP contribution < -0.4 is 0 Å². The molecule has 7 heteroatoms. The Hall–Kier alpha value is -2.18. The molecule has 0 spiro atoms. The first kappa shape index (κ1) is 12.3. The van der Waals surface area contributed by atoms with Crippen LogP contribution in [0.15, 0.2) is 15.1 Å². The molecule has 2 aromatic rings. The van der Waals surface area contributed by atoms with Crippen LogP contribution in [0, 0.1) is 12.8 Å². The maximum absolute atomic E-state index is 10.5. The summed E-state index contributed by atoms with van der Waals surface area (Å²) in [4.78, 5) is 10.5. The summed E-state index contributed by atoms with van der Waals surface area (Å²) in [6.45, 7) is 3.57. The Bertz CT molecular complexity index is 546. The van der Waals surface area contributed by atoms with E-state index in [0.717, 1.165) is 0 Å². The molecule has 0 aliphatic rings. The van der Waals surface area contributed by atoms with Gasteiger partial charge < -0.3 is 14.0 Å². The van der Waals surface area contributed by atoms with Gasteiger partial charge in [0.05, 0.1) is 6.20 Å². The summed E-state index contributed by atoms with van der Waals surface area (Å²) < 4.78 is 10.4. The predicted octanol–water partition coefficient (Wildman–Crippen LogP) is 1.69. The lowest BCUT2D eigenvalue weighted by atomic mass is 10.0. The van der Waals surface area contributed by atoms with Crippen LogP contribution >= 0.6 is 0 Å². The average Bonchev–Trinajstić information content (AvgIpc) is 2.85. The Kier molecular flexibility index (Phi) is 3.40. The monoisotopic (exact) mass is 251 g/mol. The van der Waals surface area contributed by atoms with Crippen molar-refractivity contribution in [1.82, 2.24) is 15.4 Å². The number of carbonyl (C=O) groups is 1. The SMILES string of the molecule is Cc1oncc1-c1nnc(CC(C)CC(=O)O)o1. The fourth-order valence-electron chi connectivity index (χ4n) is 1.62. The molecule has 2 aromatic heterocycles. The van der Waals surface area contributed by atoms with Gasteiger partial charge in [-0.15, -0.1) is 10.2 Å². The zero-order valence-corrected chi connectivity index (χ0v) is 10.1. The van der Waals surface area contributed by atoms with E-state index in [4.69, 9.17) is 14.0 Å². The van der Waals surface area contributed by atoms with Crippen molar-refractivity contribution in [3.8, 4) is 11.5 Å². The van der Waals surface area contributed by atoms with Crippen LogP contribution in [0.2, 0.25) is 0 Å². The lowest BCUT2D eigenvalue weighted by Crippen LogP contribution is -2.07. The molecule has 1 atom stereocenters. The highest BCUT2D eigenvalue weighted by molar-refractivity contribution is 5.66. The minimum absolute atomic E-state index is 0.0561. The van der Waals surface area contributed by atoms with Gasteiger partial charge in [0, 0.05) is 12.8 Å². The summed E-state index contributed by atoms with van der Waals surface area (Å²) in [6, 6.07) is 0. The normalized spacial score (nSPS) is 12.6. The van der Waals surface area contributed by atoms with Crippen molar-refractivity contribution in [3.63, 3.8) is 0 Å². The van der Waals surface area contributed by atoms with E-state index in [-0.39, 0.29) is 12.3 Å². The first-order chi connectivity index (χ1) is 8.56. The fourth-order valence-corrected chi connectivity index (χ4v) is 1.62. The highest BCUT2D eigenvalue weighted by Crippen LogP contribution is 2.22. The van der Waals surface area contributed by atoms with Gasteiger partial charge in [0.25, 0.3) is 5.89 Å². The number of aryl methyl sites for hydroxylation is 1. The second kappa shape index (κ2) is 4.99. The number of aliphatic carboxylic acids is 1. The van der Waals surface area contributed by atoms with Gasteiger partial charge in [-0.25, -0.2) is 0 Å². The van der Waals surface area contributed by atoms with Crippen LogP contribution in [0.5, 0.6) is 0 Å². The first-order valence-electron chi connectivity index (χ1n) is 5.52. The van der Waals surface area contributed by atoms with Crippen molar-refractivity contribution in [1.29, 1.82) is 0 Å². The molecule has 0 aliphatic heterocycles. The van der Waals surface area contributed by atoms with E-state index in [1.54, 1.807) is 6.92 Å².